The molecule has 5 nitrogen and oxygen atoms in total. The highest BCUT2D eigenvalue weighted by Crippen LogP contribution is 2.20. The predicted molar refractivity (Wildman–Crippen MR) is 53.6 cm³/mol. The topological polar surface area (TPSA) is 76.2 Å². The van der Waals surface area contributed by atoms with E-state index in [4.69, 9.17) is 10.00 Å². The number of nitriles is 1. The molecule has 0 N–H and O–H groups in total. The van der Waals surface area contributed by atoms with E-state index in [0.717, 1.165) is 0 Å². The number of para-hydroxylation sites is 1. The molecule has 0 unspecified atom stereocenters. The third-order valence-corrected chi connectivity index (χ3v) is 1.74. The van der Waals surface area contributed by atoms with E-state index in [9.17, 15) is 10.1 Å². The van der Waals surface area contributed by atoms with Gasteiger partial charge >= 0.3 is 5.70 Å². The third kappa shape index (κ3) is 2.54. The van der Waals surface area contributed by atoms with Crippen molar-refractivity contribution in [2.75, 3.05) is 7.11 Å². The molecule has 5 heteroatoms. The van der Waals surface area contributed by atoms with Crippen molar-refractivity contribution in [3.05, 3.63) is 45.6 Å². The van der Waals surface area contributed by atoms with Gasteiger partial charge < -0.3 is 4.74 Å². The molecule has 1 aromatic carbocycles. The second kappa shape index (κ2) is 4.77. The highest BCUT2D eigenvalue weighted by Gasteiger charge is 2.10. The summed E-state index contributed by atoms with van der Waals surface area (Å²) in [6.45, 7) is 0. The molecule has 0 atom stereocenters. The monoisotopic (exact) mass is 204 g/mol. The molecular weight excluding hydrogens is 196 g/mol. The lowest BCUT2D eigenvalue weighted by Crippen LogP contribution is -1.96. The molecule has 0 aromatic heterocycles. The molecule has 1 rings (SSSR count). The Bertz CT molecular complexity index is 446. The van der Waals surface area contributed by atoms with Gasteiger partial charge in [-0.3, -0.25) is 10.1 Å². The van der Waals surface area contributed by atoms with Crippen molar-refractivity contribution in [1.29, 1.82) is 5.26 Å². The van der Waals surface area contributed by atoms with Crippen LogP contribution in [0.1, 0.15) is 5.56 Å². The minimum absolute atomic E-state index is 0.493. The van der Waals surface area contributed by atoms with Crippen LogP contribution in [0.25, 0.3) is 6.08 Å². The Morgan fingerprint density at radius 2 is 2.27 bits per heavy atom. The summed E-state index contributed by atoms with van der Waals surface area (Å²) in [5, 5.41) is 18.9. The zero-order valence-electron chi connectivity index (χ0n) is 8.01. The lowest BCUT2D eigenvalue weighted by Gasteiger charge is -2.02. The molecule has 0 saturated heterocycles. The number of hydrogen-bond donors (Lipinski definition) is 0. The van der Waals surface area contributed by atoms with Crippen LogP contribution in [0.3, 0.4) is 0 Å². The maximum atomic E-state index is 10.4. The van der Waals surface area contributed by atoms with Crippen molar-refractivity contribution in [3.8, 4) is 11.8 Å². The summed E-state index contributed by atoms with van der Waals surface area (Å²) in [6, 6.07) is 8.27. The third-order valence-electron chi connectivity index (χ3n) is 1.74. The summed E-state index contributed by atoms with van der Waals surface area (Å²) >= 11 is 0. The van der Waals surface area contributed by atoms with Crippen LogP contribution in [-0.4, -0.2) is 12.0 Å². The molecule has 0 amide bonds. The zero-order valence-corrected chi connectivity index (χ0v) is 8.01. The van der Waals surface area contributed by atoms with E-state index in [1.165, 1.54) is 19.3 Å². The number of benzene rings is 1. The molecule has 0 aliphatic heterocycles. The molecule has 0 spiro atoms. The Hall–Kier alpha value is -2.35. The Kier molecular flexibility index (Phi) is 3.41. The van der Waals surface area contributed by atoms with Crippen LogP contribution in [0.4, 0.5) is 0 Å². The van der Waals surface area contributed by atoms with Gasteiger partial charge in [0, 0.05) is 11.6 Å². The second-order valence-electron chi connectivity index (χ2n) is 2.64. The molecule has 0 fully saturated rings. The first-order valence-corrected chi connectivity index (χ1v) is 4.08. The standard InChI is InChI=1S/C10H8N2O3/c1-15-10-5-3-2-4-8(10)6-9(7-11)12(13)14/h2-6H,1H3. The van der Waals surface area contributed by atoms with Gasteiger partial charge in [0.25, 0.3) is 0 Å². The summed E-state index contributed by atoms with van der Waals surface area (Å²) in [4.78, 5) is 9.68. The summed E-state index contributed by atoms with van der Waals surface area (Å²) in [5.41, 5.74) is -0.00671. The van der Waals surface area contributed by atoms with Crippen molar-refractivity contribution >= 4 is 6.08 Å². The molecule has 0 aliphatic carbocycles. The SMILES string of the molecule is COc1ccccc1C=C(C#N)[N+](=O)[O-]. The fourth-order valence-corrected chi connectivity index (χ4v) is 1.06. The van der Waals surface area contributed by atoms with Crippen LogP contribution in [0, 0.1) is 21.4 Å². The molecule has 0 heterocycles. The first-order valence-electron chi connectivity index (χ1n) is 4.08. The van der Waals surface area contributed by atoms with E-state index in [2.05, 4.69) is 0 Å². The average Bonchev–Trinajstić information content (AvgIpc) is 2.25. The fourth-order valence-electron chi connectivity index (χ4n) is 1.06. The van der Waals surface area contributed by atoms with Crippen molar-refractivity contribution in [2.45, 2.75) is 0 Å². The minimum atomic E-state index is -0.730. The van der Waals surface area contributed by atoms with E-state index in [1.807, 2.05) is 0 Å². The fraction of sp³-hybridized carbons (Fsp3) is 0.100. The number of rotatable bonds is 3. The van der Waals surface area contributed by atoms with Gasteiger partial charge in [-0.25, -0.2) is 0 Å². The quantitative estimate of drug-likeness (QED) is 0.427. The first-order chi connectivity index (χ1) is 7.19. The Labute approximate surface area is 86.4 Å². The number of allylic oxidation sites excluding steroid dienone is 1. The minimum Gasteiger partial charge on any atom is -0.496 e. The van der Waals surface area contributed by atoms with E-state index in [1.54, 1.807) is 24.3 Å². The molecule has 15 heavy (non-hydrogen) atoms. The van der Waals surface area contributed by atoms with Gasteiger partial charge in [0.1, 0.15) is 5.75 Å². The highest BCUT2D eigenvalue weighted by molar-refractivity contribution is 5.60. The van der Waals surface area contributed by atoms with E-state index < -0.39 is 10.6 Å². The summed E-state index contributed by atoms with van der Waals surface area (Å²) in [6.07, 6.45) is 1.18. The van der Waals surface area contributed by atoms with Crippen molar-refractivity contribution in [2.24, 2.45) is 0 Å². The first kappa shape index (κ1) is 10.7. The lowest BCUT2D eigenvalue weighted by atomic mass is 10.2. The normalized spacial score (nSPS) is 10.5. The average molecular weight is 204 g/mol. The van der Waals surface area contributed by atoms with Gasteiger partial charge in [-0.1, -0.05) is 18.2 Å². The Morgan fingerprint density at radius 3 is 2.80 bits per heavy atom. The molecule has 0 bridgehead atoms. The van der Waals surface area contributed by atoms with Crippen LogP contribution in [0.5, 0.6) is 5.75 Å². The maximum Gasteiger partial charge on any atom is 0.346 e. The molecule has 76 valence electrons. The van der Waals surface area contributed by atoms with Gasteiger partial charge in [0.2, 0.25) is 0 Å². The van der Waals surface area contributed by atoms with Gasteiger partial charge in [0.05, 0.1) is 12.0 Å². The number of ether oxygens (including phenoxy) is 1. The van der Waals surface area contributed by atoms with Crippen molar-refractivity contribution < 1.29 is 9.66 Å². The molecular formula is C10H8N2O3. The Morgan fingerprint density at radius 1 is 1.60 bits per heavy atom. The number of nitrogens with zero attached hydrogens (tertiary/aromatic N) is 2. The smallest absolute Gasteiger partial charge is 0.346 e. The van der Waals surface area contributed by atoms with Crippen LogP contribution in [-0.2, 0) is 0 Å². The van der Waals surface area contributed by atoms with Gasteiger partial charge in [-0.2, -0.15) is 5.26 Å². The van der Waals surface area contributed by atoms with E-state index >= 15 is 0 Å². The highest BCUT2D eigenvalue weighted by atomic mass is 16.6. The van der Waals surface area contributed by atoms with Crippen molar-refractivity contribution in [3.63, 3.8) is 0 Å². The van der Waals surface area contributed by atoms with Crippen LogP contribution < -0.4 is 4.74 Å². The molecule has 1 aromatic rings. The number of methoxy groups -OCH3 is 1. The van der Waals surface area contributed by atoms with Crippen LogP contribution in [0.2, 0.25) is 0 Å². The van der Waals surface area contributed by atoms with Gasteiger partial charge in [-0.05, 0) is 6.07 Å². The summed E-state index contributed by atoms with van der Waals surface area (Å²) in [7, 11) is 1.46. The number of nitro groups is 1. The largest absolute Gasteiger partial charge is 0.496 e. The predicted octanol–water partition coefficient (Wildman–Crippen LogP) is 1.84. The molecule has 0 radical (unpaired) electrons. The number of hydrogen-bond acceptors (Lipinski definition) is 4. The van der Waals surface area contributed by atoms with Crippen molar-refractivity contribution in [1.82, 2.24) is 0 Å². The maximum absolute atomic E-state index is 10.4. The summed E-state index contributed by atoms with van der Waals surface area (Å²) in [5.74, 6) is 0.493. The van der Waals surface area contributed by atoms with E-state index in [0.29, 0.717) is 11.3 Å². The van der Waals surface area contributed by atoms with E-state index in [-0.39, 0.29) is 0 Å². The zero-order chi connectivity index (χ0) is 11.3. The van der Waals surface area contributed by atoms with Crippen LogP contribution in [0.15, 0.2) is 30.0 Å². The van der Waals surface area contributed by atoms with Gasteiger partial charge in [0.15, 0.2) is 6.07 Å². The van der Waals surface area contributed by atoms with Gasteiger partial charge in [-0.15, -0.1) is 0 Å². The Balaban J connectivity index is 3.18. The van der Waals surface area contributed by atoms with Crippen LogP contribution >= 0.6 is 0 Å². The molecule has 0 saturated carbocycles. The second-order valence-corrected chi connectivity index (χ2v) is 2.64. The summed E-state index contributed by atoms with van der Waals surface area (Å²) < 4.78 is 4.99. The molecule has 0 aliphatic rings. The lowest BCUT2D eigenvalue weighted by molar-refractivity contribution is -0.415.